The van der Waals surface area contributed by atoms with Crippen LogP contribution in [0.15, 0.2) is 24.3 Å². The molecule has 0 aliphatic heterocycles. The molecule has 0 radical (unpaired) electrons. The second-order valence-electron chi connectivity index (χ2n) is 3.91. The van der Waals surface area contributed by atoms with Crippen LogP contribution in [-0.2, 0) is 0 Å². The molecule has 0 spiro atoms. The number of hydrogen-bond acceptors (Lipinski definition) is 2. The third-order valence-electron chi connectivity index (χ3n) is 2.44. The maximum absolute atomic E-state index is 12.3. The minimum Gasteiger partial charge on any atom is -0.478 e. The number of carboxylic acids is 1. The van der Waals surface area contributed by atoms with Crippen LogP contribution in [0.2, 0.25) is 0 Å². The van der Waals surface area contributed by atoms with Crippen molar-refractivity contribution < 1.29 is 27.9 Å². The molecule has 2 amide bonds. The summed E-state index contributed by atoms with van der Waals surface area (Å²) in [7, 11) is 0. The summed E-state index contributed by atoms with van der Waals surface area (Å²) in [5.74, 6) is -1.28. The van der Waals surface area contributed by atoms with E-state index < -0.39 is 24.7 Å². The fourth-order valence-corrected chi connectivity index (χ4v) is 1.52. The largest absolute Gasteiger partial charge is 0.478 e. The van der Waals surface area contributed by atoms with E-state index in [1.54, 1.807) is 0 Å². The van der Waals surface area contributed by atoms with Crippen molar-refractivity contribution in [1.29, 1.82) is 0 Å². The maximum Gasteiger partial charge on any atom is 0.406 e. The van der Waals surface area contributed by atoms with E-state index in [0.717, 1.165) is 0 Å². The van der Waals surface area contributed by atoms with Crippen molar-refractivity contribution in [3.8, 4) is 0 Å². The highest BCUT2D eigenvalue weighted by atomic mass is 19.4. The Labute approximate surface area is 113 Å². The number of aromatic carboxylic acids is 1. The van der Waals surface area contributed by atoms with Crippen molar-refractivity contribution >= 4 is 17.7 Å². The van der Waals surface area contributed by atoms with Crippen molar-refractivity contribution in [3.63, 3.8) is 0 Å². The highest BCUT2D eigenvalue weighted by molar-refractivity contribution is 5.99. The number of halogens is 3. The zero-order valence-corrected chi connectivity index (χ0v) is 10.6. The molecule has 0 saturated carbocycles. The van der Waals surface area contributed by atoms with E-state index in [1.807, 2.05) is 0 Å². The number of hydrogen-bond donors (Lipinski definition) is 2. The molecular formula is C12H13F3N2O3. The molecular weight excluding hydrogens is 277 g/mol. The van der Waals surface area contributed by atoms with Gasteiger partial charge in [-0.1, -0.05) is 12.1 Å². The Balaban J connectivity index is 2.87. The standard InChI is InChI=1S/C12H13F3N2O3/c1-2-17(7-12(13,14)15)11(20)16-9-6-4-3-5-8(9)10(18)19/h3-6H,2,7H2,1H3,(H,16,20)(H,18,19). The monoisotopic (exact) mass is 290 g/mol. The molecule has 0 heterocycles. The third kappa shape index (κ3) is 4.45. The van der Waals surface area contributed by atoms with Crippen LogP contribution >= 0.6 is 0 Å². The molecule has 20 heavy (non-hydrogen) atoms. The summed E-state index contributed by atoms with van der Waals surface area (Å²) in [6.45, 7) is -0.153. The average Bonchev–Trinajstić information content (AvgIpc) is 2.35. The first-order valence-corrected chi connectivity index (χ1v) is 5.69. The Morgan fingerprint density at radius 3 is 2.40 bits per heavy atom. The van der Waals surface area contributed by atoms with Gasteiger partial charge in [0.2, 0.25) is 0 Å². The molecule has 1 rings (SSSR count). The van der Waals surface area contributed by atoms with E-state index >= 15 is 0 Å². The van der Waals surface area contributed by atoms with Gasteiger partial charge in [0.15, 0.2) is 0 Å². The van der Waals surface area contributed by atoms with Gasteiger partial charge in [0.25, 0.3) is 0 Å². The fraction of sp³-hybridized carbons (Fsp3) is 0.333. The van der Waals surface area contributed by atoms with Gasteiger partial charge in [0, 0.05) is 6.54 Å². The fourth-order valence-electron chi connectivity index (χ4n) is 1.52. The lowest BCUT2D eigenvalue weighted by atomic mass is 10.2. The number of nitrogens with one attached hydrogen (secondary N) is 1. The molecule has 0 saturated heterocycles. The van der Waals surface area contributed by atoms with Crippen LogP contribution < -0.4 is 5.32 Å². The van der Waals surface area contributed by atoms with Gasteiger partial charge in [-0.15, -0.1) is 0 Å². The van der Waals surface area contributed by atoms with Crippen LogP contribution in [0.25, 0.3) is 0 Å². The Bertz CT molecular complexity index is 503. The number of amides is 2. The summed E-state index contributed by atoms with van der Waals surface area (Å²) in [6, 6.07) is 4.48. The lowest BCUT2D eigenvalue weighted by Gasteiger charge is -2.23. The molecule has 0 unspecified atom stereocenters. The van der Waals surface area contributed by atoms with Crippen LogP contribution in [0.5, 0.6) is 0 Å². The van der Waals surface area contributed by atoms with E-state index in [2.05, 4.69) is 5.32 Å². The zero-order chi connectivity index (χ0) is 15.3. The molecule has 0 bridgehead atoms. The molecule has 5 nitrogen and oxygen atoms in total. The predicted molar refractivity (Wildman–Crippen MR) is 65.7 cm³/mol. The molecule has 1 aromatic carbocycles. The third-order valence-corrected chi connectivity index (χ3v) is 2.44. The minimum absolute atomic E-state index is 0.0503. The molecule has 110 valence electrons. The zero-order valence-electron chi connectivity index (χ0n) is 10.6. The Hall–Kier alpha value is -2.25. The first-order chi connectivity index (χ1) is 9.24. The summed E-state index contributed by atoms with van der Waals surface area (Å²) >= 11 is 0. The normalized spacial score (nSPS) is 11.0. The van der Waals surface area contributed by atoms with Gasteiger partial charge in [-0.25, -0.2) is 9.59 Å². The average molecular weight is 290 g/mol. The van der Waals surface area contributed by atoms with Gasteiger partial charge in [-0.2, -0.15) is 13.2 Å². The smallest absolute Gasteiger partial charge is 0.406 e. The van der Waals surface area contributed by atoms with Crippen molar-refractivity contribution in [1.82, 2.24) is 4.90 Å². The summed E-state index contributed by atoms with van der Waals surface area (Å²) in [6.07, 6.45) is -4.51. The van der Waals surface area contributed by atoms with Crippen LogP contribution in [0.3, 0.4) is 0 Å². The Morgan fingerprint density at radius 2 is 1.90 bits per heavy atom. The number of carboxylic acid groups (broad SMARTS) is 1. The van der Waals surface area contributed by atoms with E-state index in [-0.39, 0.29) is 17.8 Å². The first-order valence-electron chi connectivity index (χ1n) is 5.69. The van der Waals surface area contributed by atoms with Gasteiger partial charge in [-0.3, -0.25) is 0 Å². The van der Waals surface area contributed by atoms with Gasteiger partial charge in [-0.05, 0) is 19.1 Å². The van der Waals surface area contributed by atoms with Crippen LogP contribution in [-0.4, -0.2) is 41.3 Å². The van der Waals surface area contributed by atoms with Gasteiger partial charge in [0.05, 0.1) is 11.3 Å². The number of nitrogens with zero attached hydrogens (tertiary/aromatic N) is 1. The summed E-state index contributed by atoms with van der Waals surface area (Å²) in [5, 5.41) is 11.1. The first kappa shape index (κ1) is 15.8. The number of carbonyl (C=O) groups excluding carboxylic acids is 1. The molecule has 0 fully saturated rings. The molecule has 0 aliphatic carbocycles. The van der Waals surface area contributed by atoms with Crippen molar-refractivity contribution in [2.24, 2.45) is 0 Å². The number of para-hydroxylation sites is 1. The minimum atomic E-state index is -4.51. The SMILES string of the molecule is CCN(CC(F)(F)F)C(=O)Nc1ccccc1C(=O)O. The molecule has 0 atom stereocenters. The quantitative estimate of drug-likeness (QED) is 0.895. The Morgan fingerprint density at radius 1 is 1.30 bits per heavy atom. The van der Waals surface area contributed by atoms with Crippen molar-refractivity contribution in [2.45, 2.75) is 13.1 Å². The number of rotatable bonds is 4. The second kappa shape index (κ2) is 6.27. The molecule has 0 aromatic heterocycles. The number of anilines is 1. The highest BCUT2D eigenvalue weighted by Crippen LogP contribution is 2.19. The summed E-state index contributed by atoms with van der Waals surface area (Å²) in [4.78, 5) is 23.2. The van der Waals surface area contributed by atoms with E-state index in [4.69, 9.17) is 5.11 Å². The van der Waals surface area contributed by atoms with Gasteiger partial charge >= 0.3 is 18.2 Å². The van der Waals surface area contributed by atoms with Gasteiger partial charge in [0.1, 0.15) is 6.54 Å². The van der Waals surface area contributed by atoms with Crippen LogP contribution in [0, 0.1) is 0 Å². The summed E-state index contributed by atoms with van der Waals surface area (Å²) in [5.41, 5.74) is -0.241. The van der Waals surface area contributed by atoms with Gasteiger partial charge < -0.3 is 15.3 Å². The molecule has 8 heteroatoms. The number of benzene rings is 1. The Kier molecular flexibility index (Phi) is 4.95. The van der Waals surface area contributed by atoms with Crippen LogP contribution in [0.4, 0.5) is 23.7 Å². The topological polar surface area (TPSA) is 69.6 Å². The van der Waals surface area contributed by atoms with Crippen molar-refractivity contribution in [3.05, 3.63) is 29.8 Å². The predicted octanol–water partition coefficient (Wildman–Crippen LogP) is 2.80. The van der Waals surface area contributed by atoms with Crippen LogP contribution in [0.1, 0.15) is 17.3 Å². The molecule has 2 N–H and O–H groups in total. The number of urea groups is 1. The van der Waals surface area contributed by atoms with E-state index in [9.17, 15) is 22.8 Å². The second-order valence-corrected chi connectivity index (χ2v) is 3.91. The molecule has 1 aromatic rings. The lowest BCUT2D eigenvalue weighted by Crippen LogP contribution is -2.41. The maximum atomic E-state index is 12.3. The number of carbonyl (C=O) groups is 2. The highest BCUT2D eigenvalue weighted by Gasteiger charge is 2.32. The van der Waals surface area contributed by atoms with Crippen molar-refractivity contribution in [2.75, 3.05) is 18.4 Å². The number of alkyl halides is 3. The lowest BCUT2D eigenvalue weighted by molar-refractivity contribution is -0.139. The molecule has 0 aliphatic rings. The van der Waals surface area contributed by atoms with E-state index in [1.165, 1.54) is 31.2 Å². The summed E-state index contributed by atoms with van der Waals surface area (Å²) < 4.78 is 36.9. The van der Waals surface area contributed by atoms with E-state index in [0.29, 0.717) is 4.90 Å².